The Bertz CT molecular complexity index is 503. The number of methoxy groups -OCH3 is 3. The quantitative estimate of drug-likeness (QED) is 0.796. The second-order valence-corrected chi connectivity index (χ2v) is 4.51. The molecule has 0 radical (unpaired) electrons. The van der Waals surface area contributed by atoms with E-state index >= 15 is 0 Å². The molecular weight excluding hydrogens is 276 g/mol. The number of nitrogens with one attached hydrogen (secondary N) is 2. The van der Waals surface area contributed by atoms with E-state index in [2.05, 4.69) is 10.9 Å². The zero-order valence-electron chi connectivity index (χ0n) is 12.8. The van der Waals surface area contributed by atoms with Gasteiger partial charge in [0.05, 0.1) is 21.3 Å². The van der Waals surface area contributed by atoms with Crippen LogP contribution in [0.25, 0.3) is 0 Å². The van der Waals surface area contributed by atoms with E-state index in [0.717, 1.165) is 0 Å². The van der Waals surface area contributed by atoms with Gasteiger partial charge in [0.1, 0.15) is 0 Å². The molecule has 0 spiro atoms. The number of hydrazine groups is 1. The monoisotopic (exact) mass is 296 g/mol. The predicted octanol–water partition coefficient (Wildman–Crippen LogP) is 1.13. The number of rotatable bonds is 5. The van der Waals surface area contributed by atoms with Crippen LogP contribution in [0.3, 0.4) is 0 Å². The van der Waals surface area contributed by atoms with Crippen molar-refractivity contribution < 1.29 is 23.8 Å². The highest BCUT2D eigenvalue weighted by molar-refractivity contribution is 5.96. The number of hydrogen-bond acceptors (Lipinski definition) is 5. The van der Waals surface area contributed by atoms with Crippen LogP contribution in [0.5, 0.6) is 17.2 Å². The molecule has 0 fully saturated rings. The minimum absolute atomic E-state index is 0.231. The summed E-state index contributed by atoms with van der Waals surface area (Å²) in [5.41, 5.74) is 4.93. The standard InChI is InChI=1S/C14H20N2O5/c1-8(2)13(17)15-16-14(18)9-6-10(19-3)12(21-5)11(7-9)20-4/h6-8H,1-5H3,(H,15,17)(H,16,18). The highest BCUT2D eigenvalue weighted by atomic mass is 16.5. The summed E-state index contributed by atoms with van der Waals surface area (Å²) in [7, 11) is 4.39. The third kappa shape index (κ3) is 4.01. The Hall–Kier alpha value is -2.44. The first-order valence-corrected chi connectivity index (χ1v) is 6.34. The third-order valence-electron chi connectivity index (χ3n) is 2.75. The van der Waals surface area contributed by atoms with E-state index in [9.17, 15) is 9.59 Å². The summed E-state index contributed by atoms with van der Waals surface area (Å²) < 4.78 is 15.5. The van der Waals surface area contributed by atoms with Gasteiger partial charge in [-0.05, 0) is 12.1 Å². The van der Waals surface area contributed by atoms with Crippen LogP contribution in [0.15, 0.2) is 12.1 Å². The Morgan fingerprint density at radius 3 is 1.86 bits per heavy atom. The summed E-state index contributed by atoms with van der Waals surface area (Å²) in [6, 6.07) is 3.00. The highest BCUT2D eigenvalue weighted by Crippen LogP contribution is 2.38. The lowest BCUT2D eigenvalue weighted by atomic mass is 10.1. The molecule has 1 aromatic rings. The normalized spacial score (nSPS) is 10.0. The van der Waals surface area contributed by atoms with Crippen LogP contribution in [0.4, 0.5) is 0 Å². The van der Waals surface area contributed by atoms with Gasteiger partial charge in [-0.15, -0.1) is 0 Å². The van der Waals surface area contributed by atoms with Crippen molar-refractivity contribution in [1.82, 2.24) is 10.9 Å². The maximum absolute atomic E-state index is 12.0. The van der Waals surface area contributed by atoms with Crippen molar-refractivity contribution >= 4 is 11.8 Å². The molecule has 0 saturated carbocycles. The minimum Gasteiger partial charge on any atom is -0.493 e. The number of carbonyl (C=O) groups is 2. The van der Waals surface area contributed by atoms with Crippen LogP contribution >= 0.6 is 0 Å². The molecule has 0 bridgehead atoms. The van der Waals surface area contributed by atoms with Gasteiger partial charge in [0.2, 0.25) is 11.7 Å². The summed E-state index contributed by atoms with van der Waals surface area (Å²) in [5, 5.41) is 0. The fraction of sp³-hybridized carbons (Fsp3) is 0.429. The molecule has 0 saturated heterocycles. The Morgan fingerprint density at radius 2 is 1.48 bits per heavy atom. The number of amides is 2. The minimum atomic E-state index is -0.483. The molecule has 0 aliphatic rings. The molecule has 0 aromatic heterocycles. The maximum atomic E-state index is 12.0. The molecule has 0 aliphatic heterocycles. The van der Waals surface area contributed by atoms with Crippen LogP contribution in [0.2, 0.25) is 0 Å². The van der Waals surface area contributed by atoms with E-state index in [1.165, 1.54) is 33.5 Å². The molecule has 0 atom stereocenters. The average molecular weight is 296 g/mol. The van der Waals surface area contributed by atoms with Crippen LogP contribution in [-0.4, -0.2) is 33.1 Å². The molecule has 2 amide bonds. The fourth-order valence-corrected chi connectivity index (χ4v) is 1.55. The molecular formula is C14H20N2O5. The van der Waals surface area contributed by atoms with Crippen LogP contribution in [0, 0.1) is 5.92 Å². The molecule has 7 nitrogen and oxygen atoms in total. The topological polar surface area (TPSA) is 85.9 Å². The molecule has 1 rings (SSSR count). The number of hydrogen-bond donors (Lipinski definition) is 2. The van der Waals surface area contributed by atoms with Crippen LogP contribution in [0.1, 0.15) is 24.2 Å². The fourth-order valence-electron chi connectivity index (χ4n) is 1.55. The van der Waals surface area contributed by atoms with Gasteiger partial charge in [-0.25, -0.2) is 0 Å². The zero-order valence-corrected chi connectivity index (χ0v) is 12.8. The SMILES string of the molecule is COc1cc(C(=O)NNC(=O)C(C)C)cc(OC)c1OC. The lowest BCUT2D eigenvalue weighted by Crippen LogP contribution is -2.43. The van der Waals surface area contributed by atoms with Crippen molar-refractivity contribution in [2.24, 2.45) is 5.92 Å². The zero-order chi connectivity index (χ0) is 16.0. The van der Waals surface area contributed by atoms with Crippen molar-refractivity contribution in [3.8, 4) is 17.2 Å². The van der Waals surface area contributed by atoms with E-state index in [-0.39, 0.29) is 17.4 Å². The Labute approximate surface area is 123 Å². The smallest absolute Gasteiger partial charge is 0.269 e. The van der Waals surface area contributed by atoms with Crippen molar-refractivity contribution in [3.05, 3.63) is 17.7 Å². The number of ether oxygens (including phenoxy) is 3. The van der Waals surface area contributed by atoms with E-state index in [4.69, 9.17) is 14.2 Å². The first-order valence-electron chi connectivity index (χ1n) is 6.34. The Balaban J connectivity index is 2.97. The Kier molecular flexibility index (Phi) is 5.83. The second-order valence-electron chi connectivity index (χ2n) is 4.51. The van der Waals surface area contributed by atoms with Gasteiger partial charge < -0.3 is 14.2 Å². The summed E-state index contributed by atoms with van der Waals surface area (Å²) in [6.07, 6.45) is 0. The number of carbonyl (C=O) groups excluding carboxylic acids is 2. The lowest BCUT2D eigenvalue weighted by molar-refractivity contribution is -0.124. The van der Waals surface area contributed by atoms with E-state index in [1.54, 1.807) is 13.8 Å². The largest absolute Gasteiger partial charge is 0.493 e. The first-order chi connectivity index (χ1) is 9.94. The predicted molar refractivity (Wildman–Crippen MR) is 76.5 cm³/mol. The van der Waals surface area contributed by atoms with Gasteiger partial charge in [0.25, 0.3) is 5.91 Å². The summed E-state index contributed by atoms with van der Waals surface area (Å²) in [5.74, 6) is 0.112. The molecule has 7 heteroatoms. The van der Waals surface area contributed by atoms with Crippen molar-refractivity contribution in [2.75, 3.05) is 21.3 Å². The van der Waals surface area contributed by atoms with Crippen LogP contribution in [-0.2, 0) is 4.79 Å². The summed E-state index contributed by atoms with van der Waals surface area (Å²) in [6.45, 7) is 3.45. The lowest BCUT2D eigenvalue weighted by Gasteiger charge is -2.14. The number of benzene rings is 1. The van der Waals surface area contributed by atoms with Gasteiger partial charge in [-0.1, -0.05) is 13.8 Å². The van der Waals surface area contributed by atoms with E-state index in [1.807, 2.05) is 0 Å². The van der Waals surface area contributed by atoms with Gasteiger partial charge in [0.15, 0.2) is 11.5 Å². The van der Waals surface area contributed by atoms with Crippen molar-refractivity contribution in [3.63, 3.8) is 0 Å². The van der Waals surface area contributed by atoms with Gasteiger partial charge in [-0.3, -0.25) is 20.4 Å². The van der Waals surface area contributed by atoms with Gasteiger partial charge in [-0.2, -0.15) is 0 Å². The first kappa shape index (κ1) is 16.6. The van der Waals surface area contributed by atoms with Gasteiger partial charge >= 0.3 is 0 Å². The third-order valence-corrected chi connectivity index (χ3v) is 2.75. The maximum Gasteiger partial charge on any atom is 0.269 e. The molecule has 0 aliphatic carbocycles. The van der Waals surface area contributed by atoms with Crippen molar-refractivity contribution in [2.45, 2.75) is 13.8 Å². The summed E-state index contributed by atoms with van der Waals surface area (Å²) in [4.78, 5) is 23.5. The highest BCUT2D eigenvalue weighted by Gasteiger charge is 2.17. The van der Waals surface area contributed by atoms with Crippen LogP contribution < -0.4 is 25.1 Å². The molecule has 116 valence electrons. The molecule has 21 heavy (non-hydrogen) atoms. The average Bonchev–Trinajstić information content (AvgIpc) is 2.50. The van der Waals surface area contributed by atoms with E-state index in [0.29, 0.717) is 17.2 Å². The molecule has 0 heterocycles. The molecule has 0 unspecified atom stereocenters. The Morgan fingerprint density at radius 1 is 0.952 bits per heavy atom. The van der Waals surface area contributed by atoms with Crippen molar-refractivity contribution in [1.29, 1.82) is 0 Å². The molecule has 2 N–H and O–H groups in total. The van der Waals surface area contributed by atoms with Gasteiger partial charge in [0, 0.05) is 11.5 Å². The molecule has 1 aromatic carbocycles. The summed E-state index contributed by atoms with van der Waals surface area (Å²) >= 11 is 0. The van der Waals surface area contributed by atoms with E-state index < -0.39 is 5.91 Å². The second kappa shape index (κ2) is 7.37.